The summed E-state index contributed by atoms with van der Waals surface area (Å²) in [5.41, 5.74) is 4.08. The minimum absolute atomic E-state index is 0.212. The third-order valence-corrected chi connectivity index (χ3v) is 6.57. The van der Waals surface area contributed by atoms with E-state index in [1.807, 2.05) is 62.4 Å². The van der Waals surface area contributed by atoms with Crippen LogP contribution < -0.4 is 9.64 Å². The Kier molecular flexibility index (Phi) is 7.19. The molecule has 0 spiro atoms. The number of ether oxygens (including phenoxy) is 1. The van der Waals surface area contributed by atoms with Crippen molar-refractivity contribution in [2.24, 2.45) is 4.99 Å². The maximum absolute atomic E-state index is 13.6. The molecular formula is C26H21BrN2O4S. The molecule has 172 valence electrons. The number of nitrogens with zero attached hydrogens (tertiary/aromatic N) is 2. The number of aliphatic carboxylic acids is 1. The first-order chi connectivity index (χ1) is 16.3. The number of carbonyl (C=O) groups excluding carboxylic acids is 1. The Hall–Kier alpha value is -3.36. The van der Waals surface area contributed by atoms with E-state index >= 15 is 0 Å². The van der Waals surface area contributed by atoms with Gasteiger partial charge in [0.05, 0.1) is 16.3 Å². The molecule has 1 fully saturated rings. The molecule has 6 nitrogen and oxygen atoms in total. The van der Waals surface area contributed by atoms with Crippen LogP contribution in [0.4, 0.5) is 11.4 Å². The van der Waals surface area contributed by atoms with E-state index in [-0.39, 0.29) is 5.91 Å². The van der Waals surface area contributed by atoms with Gasteiger partial charge in [-0.25, -0.2) is 9.79 Å². The first kappa shape index (κ1) is 23.8. The molecule has 1 amide bonds. The Bertz CT molecular complexity index is 1340. The summed E-state index contributed by atoms with van der Waals surface area (Å²) in [7, 11) is 0. The highest BCUT2D eigenvalue weighted by Crippen LogP contribution is 2.40. The lowest BCUT2D eigenvalue weighted by Crippen LogP contribution is -2.29. The van der Waals surface area contributed by atoms with Gasteiger partial charge in [-0.3, -0.25) is 9.69 Å². The van der Waals surface area contributed by atoms with Gasteiger partial charge in [0.25, 0.3) is 5.91 Å². The molecule has 1 N–H and O–H groups in total. The predicted molar refractivity (Wildman–Crippen MR) is 140 cm³/mol. The summed E-state index contributed by atoms with van der Waals surface area (Å²) in [5, 5.41) is 9.54. The molecule has 4 rings (SSSR count). The van der Waals surface area contributed by atoms with Crippen LogP contribution in [0.1, 0.15) is 16.7 Å². The summed E-state index contributed by atoms with van der Waals surface area (Å²) in [6.45, 7) is 3.45. The van der Waals surface area contributed by atoms with E-state index in [0.717, 1.165) is 27.0 Å². The first-order valence-corrected chi connectivity index (χ1v) is 12.0. The van der Waals surface area contributed by atoms with Crippen molar-refractivity contribution in [1.29, 1.82) is 0 Å². The number of amidine groups is 1. The highest BCUT2D eigenvalue weighted by Gasteiger charge is 2.35. The third-order valence-electron chi connectivity index (χ3n) is 5.10. The van der Waals surface area contributed by atoms with Crippen molar-refractivity contribution in [3.63, 3.8) is 0 Å². The van der Waals surface area contributed by atoms with E-state index in [2.05, 4.69) is 15.9 Å². The monoisotopic (exact) mass is 536 g/mol. The zero-order chi connectivity index (χ0) is 24.2. The number of hydrogen-bond donors (Lipinski definition) is 1. The van der Waals surface area contributed by atoms with Crippen molar-refractivity contribution in [2.75, 3.05) is 11.5 Å². The molecule has 1 saturated heterocycles. The number of carboxylic acids is 1. The Labute approximate surface area is 210 Å². The lowest BCUT2D eigenvalue weighted by Gasteiger charge is -2.18. The van der Waals surface area contributed by atoms with Gasteiger partial charge in [0, 0.05) is 10.0 Å². The van der Waals surface area contributed by atoms with Gasteiger partial charge < -0.3 is 9.84 Å². The molecule has 0 unspecified atom stereocenters. The molecule has 0 radical (unpaired) electrons. The Morgan fingerprint density at radius 2 is 1.79 bits per heavy atom. The van der Waals surface area contributed by atoms with Crippen LogP contribution in [-0.4, -0.2) is 28.8 Å². The van der Waals surface area contributed by atoms with E-state index in [9.17, 15) is 9.59 Å². The minimum Gasteiger partial charge on any atom is -0.481 e. The van der Waals surface area contributed by atoms with E-state index < -0.39 is 12.6 Å². The lowest BCUT2D eigenvalue weighted by atomic mass is 10.1. The largest absolute Gasteiger partial charge is 0.481 e. The summed E-state index contributed by atoms with van der Waals surface area (Å²) in [6, 6.07) is 20.6. The van der Waals surface area contributed by atoms with Crippen LogP contribution in [-0.2, 0) is 9.59 Å². The fourth-order valence-corrected chi connectivity index (χ4v) is 4.77. The van der Waals surface area contributed by atoms with Gasteiger partial charge in [0.1, 0.15) is 5.75 Å². The van der Waals surface area contributed by atoms with Gasteiger partial charge in [-0.2, -0.15) is 0 Å². The number of halogens is 1. The summed E-state index contributed by atoms with van der Waals surface area (Å²) in [5.74, 6) is -0.916. The number of carboxylic acid groups (broad SMARTS) is 1. The van der Waals surface area contributed by atoms with Crippen LogP contribution in [0.5, 0.6) is 5.75 Å². The van der Waals surface area contributed by atoms with Gasteiger partial charge in [-0.15, -0.1) is 0 Å². The predicted octanol–water partition coefficient (Wildman–Crippen LogP) is 6.34. The van der Waals surface area contributed by atoms with E-state index in [4.69, 9.17) is 14.8 Å². The number of hydrogen-bond acceptors (Lipinski definition) is 5. The minimum atomic E-state index is -1.08. The molecule has 0 saturated carbocycles. The van der Waals surface area contributed by atoms with Crippen LogP contribution in [0, 0.1) is 13.8 Å². The van der Waals surface area contributed by atoms with Gasteiger partial charge in [-0.1, -0.05) is 52.3 Å². The SMILES string of the molecule is Cc1ccccc1N=C1S/C(=C\c2cc(Br)ccc2OCC(=O)O)C(=O)N1c1ccccc1C. The average Bonchev–Trinajstić information content (AvgIpc) is 3.09. The molecule has 0 aromatic heterocycles. The van der Waals surface area contributed by atoms with Crippen molar-refractivity contribution >= 4 is 62.2 Å². The van der Waals surface area contributed by atoms with Crippen LogP contribution in [0.3, 0.4) is 0 Å². The van der Waals surface area contributed by atoms with E-state index in [0.29, 0.717) is 21.4 Å². The second-order valence-electron chi connectivity index (χ2n) is 7.58. The van der Waals surface area contributed by atoms with Gasteiger partial charge in [0.2, 0.25) is 0 Å². The molecule has 1 aliphatic heterocycles. The molecule has 3 aromatic rings. The second kappa shape index (κ2) is 10.3. The molecule has 34 heavy (non-hydrogen) atoms. The highest BCUT2D eigenvalue weighted by molar-refractivity contribution is 9.10. The summed E-state index contributed by atoms with van der Waals surface area (Å²) >= 11 is 4.70. The van der Waals surface area contributed by atoms with Crippen LogP contribution in [0.15, 0.2) is 81.1 Å². The molecule has 1 heterocycles. The number of aryl methyl sites for hydroxylation is 2. The van der Waals surface area contributed by atoms with Crippen molar-refractivity contribution in [3.05, 3.63) is 92.8 Å². The summed E-state index contributed by atoms with van der Waals surface area (Å²) < 4.78 is 6.22. The standard InChI is InChI=1S/C26H21BrN2O4S/c1-16-7-3-5-9-20(16)28-26-29(21-10-6-4-8-17(21)2)25(32)23(34-26)14-18-13-19(27)11-12-22(18)33-15-24(30)31/h3-14H,15H2,1-2H3,(H,30,31)/b23-14-,28-26?. The summed E-state index contributed by atoms with van der Waals surface area (Å²) in [4.78, 5) is 31.5. The third kappa shape index (κ3) is 5.24. The Balaban J connectivity index is 1.80. The maximum Gasteiger partial charge on any atom is 0.341 e. The maximum atomic E-state index is 13.6. The van der Waals surface area contributed by atoms with Crippen molar-refractivity contribution < 1.29 is 19.4 Å². The molecule has 0 atom stereocenters. The quantitative estimate of drug-likeness (QED) is 0.372. The molecule has 3 aromatic carbocycles. The van der Waals surface area contributed by atoms with Gasteiger partial charge >= 0.3 is 5.97 Å². The first-order valence-electron chi connectivity index (χ1n) is 10.4. The second-order valence-corrected chi connectivity index (χ2v) is 9.51. The molecular weight excluding hydrogens is 516 g/mol. The summed E-state index contributed by atoms with van der Waals surface area (Å²) in [6.07, 6.45) is 1.71. The van der Waals surface area contributed by atoms with E-state index in [1.54, 1.807) is 29.2 Å². The number of rotatable bonds is 6. The van der Waals surface area contributed by atoms with Crippen LogP contribution in [0.2, 0.25) is 0 Å². The Morgan fingerprint density at radius 1 is 1.09 bits per heavy atom. The number of anilines is 1. The number of carbonyl (C=O) groups is 2. The lowest BCUT2D eigenvalue weighted by molar-refractivity contribution is -0.139. The number of para-hydroxylation sites is 2. The topological polar surface area (TPSA) is 79.2 Å². The van der Waals surface area contributed by atoms with Crippen LogP contribution in [0.25, 0.3) is 6.08 Å². The normalized spacial score (nSPS) is 15.9. The number of thioether (sulfide) groups is 1. The fourth-order valence-electron chi connectivity index (χ4n) is 3.41. The van der Waals surface area contributed by atoms with E-state index in [1.165, 1.54) is 11.8 Å². The van der Waals surface area contributed by atoms with Crippen molar-refractivity contribution in [1.82, 2.24) is 0 Å². The van der Waals surface area contributed by atoms with Crippen molar-refractivity contribution in [3.8, 4) is 5.75 Å². The zero-order valence-electron chi connectivity index (χ0n) is 18.5. The molecule has 0 bridgehead atoms. The Morgan fingerprint density at radius 3 is 2.50 bits per heavy atom. The van der Waals surface area contributed by atoms with Crippen LogP contribution >= 0.6 is 27.7 Å². The highest BCUT2D eigenvalue weighted by atomic mass is 79.9. The molecule has 1 aliphatic rings. The number of amides is 1. The van der Waals surface area contributed by atoms with Gasteiger partial charge in [0.15, 0.2) is 11.8 Å². The smallest absolute Gasteiger partial charge is 0.341 e. The van der Waals surface area contributed by atoms with Gasteiger partial charge in [-0.05, 0) is 73.1 Å². The molecule has 8 heteroatoms. The average molecular weight is 537 g/mol. The molecule has 0 aliphatic carbocycles. The number of benzene rings is 3. The zero-order valence-corrected chi connectivity index (χ0v) is 20.9. The fraction of sp³-hybridized carbons (Fsp3) is 0.115. The number of aliphatic imine (C=N–C) groups is 1. The van der Waals surface area contributed by atoms with Crippen molar-refractivity contribution in [2.45, 2.75) is 13.8 Å².